The van der Waals surface area contributed by atoms with Gasteiger partial charge in [0.1, 0.15) is 5.69 Å². The third-order valence-electron chi connectivity index (χ3n) is 4.09. The summed E-state index contributed by atoms with van der Waals surface area (Å²) in [5, 5.41) is 11.9. The van der Waals surface area contributed by atoms with Gasteiger partial charge in [-0.3, -0.25) is 9.88 Å². The molecule has 20 heavy (non-hydrogen) atoms. The number of benzene rings is 1. The Labute approximate surface area is 113 Å². The van der Waals surface area contributed by atoms with E-state index in [0.717, 1.165) is 30.2 Å². The fourth-order valence-electron chi connectivity index (χ4n) is 3.08. The smallest absolute Gasteiger partial charge is 0.409 e. The molecule has 1 aromatic carbocycles. The van der Waals surface area contributed by atoms with Gasteiger partial charge in [-0.25, -0.2) is 9.59 Å². The summed E-state index contributed by atoms with van der Waals surface area (Å²) in [5.74, 6) is -0.298. The Morgan fingerprint density at radius 3 is 2.80 bits per heavy atom. The second-order valence-electron chi connectivity index (χ2n) is 5.26. The van der Waals surface area contributed by atoms with Crippen molar-refractivity contribution in [1.82, 2.24) is 4.57 Å². The number of ether oxygens (including phenoxy) is 1. The van der Waals surface area contributed by atoms with Gasteiger partial charge in [0.25, 0.3) is 0 Å². The van der Waals surface area contributed by atoms with Crippen LogP contribution in [0.3, 0.4) is 0 Å². The normalized spacial score (nSPS) is 18.7. The first-order valence-corrected chi connectivity index (χ1v) is 6.48. The Hall–Kier alpha value is -2.50. The Morgan fingerprint density at radius 2 is 2.15 bits per heavy atom. The van der Waals surface area contributed by atoms with Gasteiger partial charge >= 0.3 is 12.1 Å². The quantitative estimate of drug-likeness (QED) is 0.782. The first-order valence-electron chi connectivity index (χ1n) is 6.48. The number of hydrogen-bond acceptors (Lipinski definition) is 3. The molecule has 1 fully saturated rings. The Bertz CT molecular complexity index is 758. The van der Waals surface area contributed by atoms with Crippen LogP contribution in [0, 0.1) is 0 Å². The summed E-state index contributed by atoms with van der Waals surface area (Å²) >= 11 is 0. The monoisotopic (exact) mass is 272 g/mol. The summed E-state index contributed by atoms with van der Waals surface area (Å²) < 4.78 is 7.47. The molecule has 6 nitrogen and oxygen atoms in total. The van der Waals surface area contributed by atoms with Crippen molar-refractivity contribution in [3.8, 4) is 0 Å². The molecule has 1 aliphatic carbocycles. The number of anilines is 1. The molecule has 2 aliphatic rings. The number of aromatic nitrogens is 1. The highest BCUT2D eigenvalue weighted by molar-refractivity contribution is 5.99. The van der Waals surface area contributed by atoms with Gasteiger partial charge < -0.3 is 9.84 Å². The lowest BCUT2D eigenvalue weighted by atomic mass is 9.88. The largest absolute Gasteiger partial charge is 0.465 e. The minimum absolute atomic E-state index is 0.298. The van der Waals surface area contributed by atoms with E-state index in [1.165, 1.54) is 0 Å². The highest BCUT2D eigenvalue weighted by atomic mass is 16.6. The molecule has 102 valence electrons. The standard InChI is InChI=1S/C14H12N2O4/c17-12-11-7-8-6-9(15-13(18)19)2-3-10(8)16(11)14(20-12)4-1-5-14/h2-3,6-7,15H,1,4-5H2,(H,18,19). The van der Waals surface area contributed by atoms with E-state index in [1.807, 2.05) is 10.6 Å². The van der Waals surface area contributed by atoms with Gasteiger partial charge in [0.15, 0.2) is 5.72 Å². The molecule has 0 atom stereocenters. The lowest BCUT2D eigenvalue weighted by Gasteiger charge is -2.38. The Morgan fingerprint density at radius 1 is 1.35 bits per heavy atom. The number of carboxylic acid groups (broad SMARTS) is 1. The summed E-state index contributed by atoms with van der Waals surface area (Å²) in [5.41, 5.74) is 1.44. The number of nitrogens with zero attached hydrogens (tertiary/aromatic N) is 1. The van der Waals surface area contributed by atoms with E-state index in [9.17, 15) is 9.59 Å². The molecule has 1 amide bonds. The van der Waals surface area contributed by atoms with Crippen LogP contribution in [0.15, 0.2) is 24.3 Å². The van der Waals surface area contributed by atoms with Gasteiger partial charge in [0.2, 0.25) is 0 Å². The predicted molar refractivity (Wildman–Crippen MR) is 70.8 cm³/mol. The zero-order valence-corrected chi connectivity index (χ0v) is 10.5. The zero-order chi connectivity index (χ0) is 13.9. The van der Waals surface area contributed by atoms with Crippen LogP contribution in [-0.4, -0.2) is 21.7 Å². The average Bonchev–Trinajstić information content (AvgIpc) is 2.84. The van der Waals surface area contributed by atoms with Crippen molar-refractivity contribution in [1.29, 1.82) is 0 Å². The van der Waals surface area contributed by atoms with Crippen molar-refractivity contribution < 1.29 is 19.4 Å². The summed E-state index contributed by atoms with van der Waals surface area (Å²) in [6.45, 7) is 0. The first kappa shape index (κ1) is 11.3. The number of carbonyl (C=O) groups is 2. The maximum atomic E-state index is 12.0. The van der Waals surface area contributed by atoms with Crippen LogP contribution in [0.25, 0.3) is 10.9 Å². The summed E-state index contributed by atoms with van der Waals surface area (Å²) in [6.07, 6.45) is 1.62. The number of rotatable bonds is 1. The molecule has 2 aromatic rings. The fourth-order valence-corrected chi connectivity index (χ4v) is 3.08. The molecule has 2 heterocycles. The number of fused-ring (bicyclic) bond motifs is 4. The van der Waals surface area contributed by atoms with Gasteiger partial charge in [-0.15, -0.1) is 0 Å². The Kier molecular flexibility index (Phi) is 2.00. The molecule has 1 spiro atoms. The molecule has 1 aromatic heterocycles. The molecule has 6 heteroatoms. The molecule has 2 N–H and O–H groups in total. The second kappa shape index (κ2) is 3.53. The molecular formula is C14H12N2O4. The van der Waals surface area contributed by atoms with Crippen LogP contribution in [0.2, 0.25) is 0 Å². The van der Waals surface area contributed by atoms with Crippen molar-refractivity contribution in [2.24, 2.45) is 0 Å². The molecule has 0 radical (unpaired) electrons. The van der Waals surface area contributed by atoms with E-state index in [4.69, 9.17) is 9.84 Å². The van der Waals surface area contributed by atoms with E-state index >= 15 is 0 Å². The van der Waals surface area contributed by atoms with Crippen LogP contribution in [0.5, 0.6) is 0 Å². The van der Waals surface area contributed by atoms with E-state index < -0.39 is 11.8 Å². The number of nitrogens with one attached hydrogen (secondary N) is 1. The maximum Gasteiger partial charge on any atom is 0.409 e. The molecule has 1 saturated carbocycles. The number of amides is 1. The third kappa shape index (κ3) is 1.33. The summed E-state index contributed by atoms with van der Waals surface area (Å²) in [4.78, 5) is 22.6. The minimum atomic E-state index is -1.11. The first-order chi connectivity index (χ1) is 9.59. The molecule has 0 bridgehead atoms. The van der Waals surface area contributed by atoms with Crippen LogP contribution >= 0.6 is 0 Å². The summed E-state index contributed by atoms with van der Waals surface area (Å²) in [7, 11) is 0. The SMILES string of the molecule is O=C(O)Nc1ccc2c(c1)cc1n2C2(CCC2)OC1=O. The highest BCUT2D eigenvalue weighted by Crippen LogP contribution is 2.48. The van der Waals surface area contributed by atoms with E-state index in [2.05, 4.69) is 5.32 Å². The lowest BCUT2D eigenvalue weighted by molar-refractivity contribution is -0.0958. The van der Waals surface area contributed by atoms with E-state index in [-0.39, 0.29) is 5.97 Å². The second-order valence-corrected chi connectivity index (χ2v) is 5.26. The van der Waals surface area contributed by atoms with Gasteiger partial charge in [0, 0.05) is 23.9 Å². The number of esters is 1. The van der Waals surface area contributed by atoms with Crippen LogP contribution < -0.4 is 5.32 Å². The van der Waals surface area contributed by atoms with Gasteiger partial charge in [-0.2, -0.15) is 0 Å². The topological polar surface area (TPSA) is 80.6 Å². The Balaban J connectivity index is 1.89. The minimum Gasteiger partial charge on any atom is -0.465 e. The van der Waals surface area contributed by atoms with Gasteiger partial charge in [-0.05, 0) is 30.7 Å². The van der Waals surface area contributed by atoms with Crippen molar-refractivity contribution in [3.05, 3.63) is 30.0 Å². The van der Waals surface area contributed by atoms with Crippen LogP contribution in [-0.2, 0) is 10.5 Å². The van der Waals surface area contributed by atoms with Gasteiger partial charge in [0.05, 0.1) is 5.52 Å². The fraction of sp³-hybridized carbons (Fsp3) is 0.286. The molecule has 4 rings (SSSR count). The van der Waals surface area contributed by atoms with Crippen LogP contribution in [0.1, 0.15) is 29.8 Å². The van der Waals surface area contributed by atoms with Gasteiger partial charge in [-0.1, -0.05) is 0 Å². The van der Waals surface area contributed by atoms with Crippen molar-refractivity contribution in [2.45, 2.75) is 25.0 Å². The van der Waals surface area contributed by atoms with Crippen molar-refractivity contribution >= 4 is 28.7 Å². The van der Waals surface area contributed by atoms with E-state index in [1.54, 1.807) is 18.2 Å². The molecular weight excluding hydrogens is 260 g/mol. The van der Waals surface area contributed by atoms with Crippen LogP contribution in [0.4, 0.5) is 10.5 Å². The maximum absolute atomic E-state index is 12.0. The molecule has 1 aliphatic heterocycles. The molecule has 0 unspecified atom stereocenters. The lowest BCUT2D eigenvalue weighted by Crippen LogP contribution is -2.39. The highest BCUT2D eigenvalue weighted by Gasteiger charge is 2.50. The third-order valence-corrected chi connectivity index (χ3v) is 4.09. The zero-order valence-electron chi connectivity index (χ0n) is 10.5. The van der Waals surface area contributed by atoms with Crippen molar-refractivity contribution in [3.63, 3.8) is 0 Å². The average molecular weight is 272 g/mol. The van der Waals surface area contributed by atoms with E-state index in [0.29, 0.717) is 11.4 Å². The summed E-state index contributed by atoms with van der Waals surface area (Å²) in [6, 6.07) is 7.01. The number of carbonyl (C=O) groups excluding carboxylic acids is 1. The molecule has 0 saturated heterocycles. The predicted octanol–water partition coefficient (Wildman–Crippen LogP) is 2.74. The number of hydrogen-bond donors (Lipinski definition) is 2. The van der Waals surface area contributed by atoms with Crippen molar-refractivity contribution in [2.75, 3.05) is 5.32 Å².